The van der Waals surface area contributed by atoms with Crippen LogP contribution in [0.1, 0.15) is 0 Å². The highest BCUT2D eigenvalue weighted by Crippen LogP contribution is 2.40. The standard InChI is InChI=1S/C54H36N2S/c1-3-11-37(12-4-1)38-19-31-46(32-20-38)56-51-17-9-7-15-47(51)49-35-41(25-33-52(49)56)39-21-27-44(28-22-39)55(43-13-5-2-6-14-43)45-29-23-40(24-30-45)42-26-34-54-50(36-42)48-16-8-10-18-53(48)57-54/h1-36H. The Morgan fingerprint density at radius 3 is 1.46 bits per heavy atom. The van der Waals surface area contributed by atoms with Gasteiger partial charge < -0.3 is 9.47 Å². The summed E-state index contributed by atoms with van der Waals surface area (Å²) >= 11 is 1.86. The van der Waals surface area contributed by atoms with E-state index in [4.69, 9.17) is 0 Å². The summed E-state index contributed by atoms with van der Waals surface area (Å²) in [6, 6.07) is 79.3. The minimum absolute atomic E-state index is 1.11. The van der Waals surface area contributed by atoms with E-state index in [0.29, 0.717) is 0 Å². The van der Waals surface area contributed by atoms with Crippen LogP contribution in [-0.4, -0.2) is 4.57 Å². The molecular weight excluding hydrogens is 709 g/mol. The highest BCUT2D eigenvalue weighted by atomic mass is 32.1. The van der Waals surface area contributed by atoms with Crippen molar-refractivity contribution < 1.29 is 0 Å². The van der Waals surface area contributed by atoms with Crippen LogP contribution in [0.3, 0.4) is 0 Å². The number of aromatic nitrogens is 1. The van der Waals surface area contributed by atoms with E-state index >= 15 is 0 Å². The second kappa shape index (κ2) is 13.8. The molecule has 2 heterocycles. The van der Waals surface area contributed by atoms with Crippen molar-refractivity contribution >= 4 is 70.4 Å². The summed E-state index contributed by atoms with van der Waals surface area (Å²) in [7, 11) is 0. The molecule has 0 N–H and O–H groups in total. The van der Waals surface area contributed by atoms with Crippen LogP contribution >= 0.6 is 11.3 Å². The van der Waals surface area contributed by atoms with E-state index in [-0.39, 0.29) is 0 Å². The van der Waals surface area contributed by atoms with E-state index in [1.54, 1.807) is 0 Å². The minimum atomic E-state index is 1.11. The molecule has 0 saturated carbocycles. The molecule has 0 atom stereocenters. The third kappa shape index (κ3) is 5.88. The number of rotatable bonds is 7. The van der Waals surface area contributed by atoms with Gasteiger partial charge in [0.25, 0.3) is 0 Å². The van der Waals surface area contributed by atoms with Gasteiger partial charge in [0, 0.05) is 53.7 Å². The zero-order chi connectivity index (χ0) is 37.7. The number of thiophene rings is 1. The van der Waals surface area contributed by atoms with Crippen molar-refractivity contribution in [1.82, 2.24) is 4.57 Å². The number of fused-ring (bicyclic) bond motifs is 6. The number of anilines is 3. The predicted octanol–water partition coefficient (Wildman–Crippen LogP) is 15.6. The second-order valence-corrected chi connectivity index (χ2v) is 15.7. The van der Waals surface area contributed by atoms with Gasteiger partial charge in [-0.05, 0) is 118 Å². The van der Waals surface area contributed by atoms with E-state index in [1.165, 1.54) is 75.4 Å². The van der Waals surface area contributed by atoms with E-state index in [0.717, 1.165) is 22.7 Å². The Hall–Kier alpha value is -7.20. The van der Waals surface area contributed by atoms with Crippen LogP contribution in [0, 0.1) is 0 Å². The molecule has 268 valence electrons. The number of hydrogen-bond donors (Lipinski definition) is 0. The topological polar surface area (TPSA) is 8.17 Å². The Morgan fingerprint density at radius 1 is 0.298 bits per heavy atom. The number of para-hydroxylation sites is 2. The highest BCUT2D eigenvalue weighted by molar-refractivity contribution is 7.25. The molecule has 2 nitrogen and oxygen atoms in total. The van der Waals surface area contributed by atoms with Crippen LogP contribution in [0.25, 0.3) is 81.0 Å². The first-order valence-electron chi connectivity index (χ1n) is 19.4. The first kappa shape index (κ1) is 33.2. The van der Waals surface area contributed by atoms with Gasteiger partial charge in [-0.2, -0.15) is 0 Å². The summed E-state index contributed by atoms with van der Waals surface area (Å²) in [4.78, 5) is 2.34. The Kier molecular flexibility index (Phi) is 8.04. The summed E-state index contributed by atoms with van der Waals surface area (Å²) in [6.45, 7) is 0. The molecule has 11 rings (SSSR count). The molecule has 0 unspecified atom stereocenters. The largest absolute Gasteiger partial charge is 0.311 e. The molecule has 0 radical (unpaired) electrons. The monoisotopic (exact) mass is 744 g/mol. The molecule has 0 fully saturated rings. The summed E-state index contributed by atoms with van der Waals surface area (Å²) in [5.74, 6) is 0. The van der Waals surface area contributed by atoms with E-state index in [9.17, 15) is 0 Å². The average molecular weight is 745 g/mol. The summed E-state index contributed by atoms with van der Waals surface area (Å²) in [5, 5.41) is 5.14. The lowest BCUT2D eigenvalue weighted by Crippen LogP contribution is -2.09. The smallest absolute Gasteiger partial charge is 0.0541 e. The lowest BCUT2D eigenvalue weighted by Gasteiger charge is -2.26. The van der Waals surface area contributed by atoms with Gasteiger partial charge in [0.1, 0.15) is 0 Å². The van der Waals surface area contributed by atoms with Crippen LogP contribution in [0.15, 0.2) is 218 Å². The molecule has 0 aliphatic carbocycles. The zero-order valence-electron chi connectivity index (χ0n) is 31.1. The van der Waals surface area contributed by atoms with Crippen LogP contribution < -0.4 is 4.90 Å². The molecule has 0 bridgehead atoms. The molecule has 0 saturated heterocycles. The fourth-order valence-corrected chi connectivity index (χ4v) is 9.49. The van der Waals surface area contributed by atoms with Gasteiger partial charge in [-0.3, -0.25) is 0 Å². The van der Waals surface area contributed by atoms with Gasteiger partial charge in [-0.25, -0.2) is 0 Å². The fourth-order valence-electron chi connectivity index (χ4n) is 8.40. The number of benzene rings is 9. The Morgan fingerprint density at radius 2 is 0.754 bits per heavy atom. The maximum Gasteiger partial charge on any atom is 0.0541 e. The third-order valence-corrected chi connectivity index (χ3v) is 12.4. The third-order valence-electron chi connectivity index (χ3n) is 11.2. The van der Waals surface area contributed by atoms with E-state index in [2.05, 4.69) is 228 Å². The first-order valence-corrected chi connectivity index (χ1v) is 20.2. The summed E-state index contributed by atoms with van der Waals surface area (Å²) < 4.78 is 5.04. The maximum atomic E-state index is 2.39. The van der Waals surface area contributed by atoms with Gasteiger partial charge in [0.2, 0.25) is 0 Å². The Balaban J connectivity index is 0.927. The lowest BCUT2D eigenvalue weighted by atomic mass is 10.0. The average Bonchev–Trinajstić information content (AvgIpc) is 3.83. The molecule has 57 heavy (non-hydrogen) atoms. The second-order valence-electron chi connectivity index (χ2n) is 14.6. The normalized spacial score (nSPS) is 11.5. The molecule has 9 aromatic carbocycles. The molecular formula is C54H36N2S. The van der Waals surface area contributed by atoms with Crippen molar-refractivity contribution in [2.24, 2.45) is 0 Å². The molecule has 0 spiro atoms. The quantitative estimate of drug-likeness (QED) is 0.158. The SMILES string of the molecule is c1ccc(-c2ccc(-n3c4ccccc4c4cc(-c5ccc(N(c6ccccc6)c6ccc(-c7ccc8sc9ccccc9c8c7)cc6)cc5)ccc43)cc2)cc1. The van der Waals surface area contributed by atoms with Crippen LogP contribution in [0.2, 0.25) is 0 Å². The molecule has 2 aromatic heterocycles. The lowest BCUT2D eigenvalue weighted by molar-refractivity contribution is 1.18. The Labute approximate surface area is 335 Å². The van der Waals surface area contributed by atoms with Gasteiger partial charge >= 0.3 is 0 Å². The van der Waals surface area contributed by atoms with Crippen LogP contribution in [0.5, 0.6) is 0 Å². The van der Waals surface area contributed by atoms with Gasteiger partial charge in [0.15, 0.2) is 0 Å². The molecule has 11 aromatic rings. The Bertz CT molecular complexity index is 3200. The van der Waals surface area contributed by atoms with Crippen LogP contribution in [-0.2, 0) is 0 Å². The van der Waals surface area contributed by atoms with Crippen molar-refractivity contribution in [2.75, 3.05) is 4.90 Å². The molecule has 3 heteroatoms. The summed E-state index contributed by atoms with van der Waals surface area (Å²) in [6.07, 6.45) is 0. The predicted molar refractivity (Wildman–Crippen MR) is 245 cm³/mol. The maximum absolute atomic E-state index is 2.39. The highest BCUT2D eigenvalue weighted by Gasteiger charge is 2.16. The zero-order valence-corrected chi connectivity index (χ0v) is 31.9. The van der Waals surface area contributed by atoms with Gasteiger partial charge in [-0.15, -0.1) is 11.3 Å². The fraction of sp³-hybridized carbons (Fsp3) is 0. The van der Waals surface area contributed by atoms with Crippen LogP contribution in [0.4, 0.5) is 17.1 Å². The summed E-state index contributed by atoms with van der Waals surface area (Å²) in [5.41, 5.74) is 14.2. The minimum Gasteiger partial charge on any atom is -0.311 e. The number of nitrogens with zero attached hydrogens (tertiary/aromatic N) is 2. The first-order chi connectivity index (χ1) is 28.2. The number of hydrogen-bond acceptors (Lipinski definition) is 2. The molecule has 0 aliphatic rings. The van der Waals surface area contributed by atoms with Crippen molar-refractivity contribution in [3.63, 3.8) is 0 Å². The molecule has 0 amide bonds. The van der Waals surface area contributed by atoms with Crippen molar-refractivity contribution in [3.8, 4) is 39.1 Å². The van der Waals surface area contributed by atoms with Gasteiger partial charge in [-0.1, -0.05) is 133 Å². The van der Waals surface area contributed by atoms with Crippen molar-refractivity contribution in [2.45, 2.75) is 0 Å². The van der Waals surface area contributed by atoms with Crippen molar-refractivity contribution in [1.29, 1.82) is 0 Å². The molecule has 0 aliphatic heterocycles. The van der Waals surface area contributed by atoms with E-state index < -0.39 is 0 Å². The van der Waals surface area contributed by atoms with Gasteiger partial charge in [0.05, 0.1) is 11.0 Å². The van der Waals surface area contributed by atoms with Crippen molar-refractivity contribution in [3.05, 3.63) is 218 Å². The van der Waals surface area contributed by atoms with E-state index in [1.807, 2.05) is 11.3 Å².